The van der Waals surface area contributed by atoms with Crippen LogP contribution in [0.5, 0.6) is 0 Å². The number of hydrogen-bond acceptors (Lipinski definition) is 6. The molecule has 7 nitrogen and oxygen atoms in total. The third-order valence-electron chi connectivity index (χ3n) is 7.02. The van der Waals surface area contributed by atoms with Gasteiger partial charge in [0.15, 0.2) is 0 Å². The third kappa shape index (κ3) is 4.63. The van der Waals surface area contributed by atoms with E-state index in [9.17, 15) is 26.4 Å². The first kappa shape index (κ1) is 22.3. The van der Waals surface area contributed by atoms with Crippen LogP contribution in [0.3, 0.4) is 0 Å². The van der Waals surface area contributed by atoms with E-state index in [4.69, 9.17) is 18.8 Å². The zero-order chi connectivity index (χ0) is 22.0. The summed E-state index contributed by atoms with van der Waals surface area (Å²) in [5, 5.41) is 0. The van der Waals surface area contributed by atoms with Gasteiger partial charge in [-0.15, -0.1) is 0 Å². The average Bonchev–Trinajstić information content (AvgIpc) is 3.32. The van der Waals surface area contributed by atoms with Crippen LogP contribution in [0.25, 0.3) is 0 Å². The summed E-state index contributed by atoms with van der Waals surface area (Å²) in [6.45, 7) is 1.63. The minimum atomic E-state index is -5.14. The summed E-state index contributed by atoms with van der Waals surface area (Å²) in [6, 6.07) is 0. The highest BCUT2D eigenvalue weighted by Gasteiger charge is 2.61. The first-order valence-electron chi connectivity index (χ1n) is 10.2. The van der Waals surface area contributed by atoms with Gasteiger partial charge in [-0.3, -0.25) is 9.35 Å². The standard InChI is InChI=1S/C19H27F3O7S/c1-16(19(20,21)22,11-30(24,25)26)29-15(23)7-17-3-12-2-13(4-17)6-18(5-12,10-17)28-9-14-8-27-14/h12-14H,2-11H2,1H3,(H,24,25,26). The number of carbonyl (C=O) groups is 1. The van der Waals surface area contributed by atoms with Crippen LogP contribution in [-0.2, 0) is 29.1 Å². The van der Waals surface area contributed by atoms with Crippen molar-refractivity contribution in [2.45, 2.75) is 75.4 Å². The lowest BCUT2D eigenvalue weighted by Gasteiger charge is -2.61. The van der Waals surface area contributed by atoms with Gasteiger partial charge in [0.2, 0.25) is 5.60 Å². The number of esters is 1. The van der Waals surface area contributed by atoms with Crippen molar-refractivity contribution in [2.75, 3.05) is 19.0 Å². The number of alkyl halides is 3. The van der Waals surface area contributed by atoms with E-state index in [1.165, 1.54) is 0 Å². The second-order valence-corrected chi connectivity index (χ2v) is 11.5. The maximum Gasteiger partial charge on any atom is 0.429 e. The molecule has 11 heteroatoms. The van der Waals surface area contributed by atoms with Crippen molar-refractivity contribution >= 4 is 16.1 Å². The first-order chi connectivity index (χ1) is 13.7. The maximum atomic E-state index is 13.5. The van der Waals surface area contributed by atoms with Crippen LogP contribution >= 0.6 is 0 Å². The highest BCUT2D eigenvalue weighted by atomic mass is 32.2. The quantitative estimate of drug-likeness (QED) is 0.340. The van der Waals surface area contributed by atoms with Gasteiger partial charge in [-0.25, -0.2) is 0 Å². The third-order valence-corrected chi connectivity index (χ3v) is 7.94. The molecule has 4 saturated carbocycles. The van der Waals surface area contributed by atoms with Crippen molar-refractivity contribution in [2.24, 2.45) is 17.3 Å². The summed E-state index contributed by atoms with van der Waals surface area (Å²) in [6.07, 6.45) is -0.425. The molecule has 0 spiro atoms. The first-order valence-corrected chi connectivity index (χ1v) is 11.8. The van der Waals surface area contributed by atoms with Crippen LogP contribution in [0.1, 0.15) is 51.9 Å². The molecule has 1 N–H and O–H groups in total. The van der Waals surface area contributed by atoms with E-state index in [0.29, 0.717) is 38.4 Å². The number of halogens is 3. The summed E-state index contributed by atoms with van der Waals surface area (Å²) in [7, 11) is -5.01. The predicted molar refractivity (Wildman–Crippen MR) is 97.1 cm³/mol. The number of hydrogen-bond donors (Lipinski definition) is 1. The second-order valence-electron chi connectivity index (χ2n) is 10.0. The molecule has 0 aromatic rings. The van der Waals surface area contributed by atoms with Crippen LogP contribution in [0.4, 0.5) is 13.2 Å². The molecule has 4 aliphatic carbocycles. The van der Waals surface area contributed by atoms with Gasteiger partial charge in [0.1, 0.15) is 11.9 Å². The molecule has 172 valence electrons. The molecule has 5 aliphatic rings. The van der Waals surface area contributed by atoms with Crippen molar-refractivity contribution in [3.63, 3.8) is 0 Å². The second kappa shape index (κ2) is 7.05. The molecule has 30 heavy (non-hydrogen) atoms. The van der Waals surface area contributed by atoms with Gasteiger partial charge in [-0.2, -0.15) is 21.6 Å². The average molecular weight is 456 g/mol. The lowest BCUT2D eigenvalue weighted by Crippen LogP contribution is -2.58. The van der Waals surface area contributed by atoms with Crippen LogP contribution in [-0.4, -0.2) is 61.4 Å². The van der Waals surface area contributed by atoms with Gasteiger partial charge in [0, 0.05) is 0 Å². The molecule has 1 aliphatic heterocycles. The Morgan fingerprint density at radius 2 is 1.80 bits per heavy atom. The molecule has 5 fully saturated rings. The number of carbonyl (C=O) groups excluding carboxylic acids is 1. The lowest BCUT2D eigenvalue weighted by atomic mass is 9.47. The number of epoxide rings is 1. The highest BCUT2D eigenvalue weighted by Crippen LogP contribution is 2.64. The molecule has 0 aromatic heterocycles. The van der Waals surface area contributed by atoms with Crippen molar-refractivity contribution in [3.8, 4) is 0 Å². The number of rotatable bonds is 8. The Hall–Kier alpha value is -0.910. The van der Waals surface area contributed by atoms with Gasteiger partial charge in [-0.1, -0.05) is 0 Å². The molecule has 0 radical (unpaired) electrons. The van der Waals surface area contributed by atoms with Gasteiger partial charge >= 0.3 is 12.1 Å². The Morgan fingerprint density at radius 3 is 2.30 bits per heavy atom. The Bertz CT molecular complexity index is 793. The predicted octanol–water partition coefficient (Wildman–Crippen LogP) is 2.88. The Morgan fingerprint density at radius 1 is 1.20 bits per heavy atom. The van der Waals surface area contributed by atoms with Crippen LogP contribution in [0.2, 0.25) is 0 Å². The van der Waals surface area contributed by atoms with E-state index in [-0.39, 0.29) is 18.1 Å². The normalized spacial score (nSPS) is 39.6. The maximum absolute atomic E-state index is 13.5. The molecular formula is C19H27F3O7S. The molecule has 0 amide bonds. The summed E-state index contributed by atoms with van der Waals surface area (Å²) < 4.78 is 87.6. The highest BCUT2D eigenvalue weighted by molar-refractivity contribution is 7.85. The van der Waals surface area contributed by atoms with E-state index in [2.05, 4.69) is 0 Å². The van der Waals surface area contributed by atoms with Gasteiger partial charge < -0.3 is 14.2 Å². The fraction of sp³-hybridized carbons (Fsp3) is 0.947. The van der Waals surface area contributed by atoms with Crippen LogP contribution in [0.15, 0.2) is 0 Å². The molecule has 4 bridgehead atoms. The summed E-state index contributed by atoms with van der Waals surface area (Å²) in [4.78, 5) is 12.6. The fourth-order valence-electron chi connectivity index (χ4n) is 6.29. The number of ether oxygens (including phenoxy) is 3. The summed E-state index contributed by atoms with van der Waals surface area (Å²) >= 11 is 0. The Kier molecular flexibility index (Phi) is 5.24. The van der Waals surface area contributed by atoms with E-state index >= 15 is 0 Å². The molecule has 5 rings (SSSR count). The topological polar surface area (TPSA) is 102 Å². The van der Waals surface area contributed by atoms with Crippen molar-refractivity contribution in [3.05, 3.63) is 0 Å². The van der Waals surface area contributed by atoms with Crippen molar-refractivity contribution < 1.29 is 45.1 Å². The van der Waals surface area contributed by atoms with Gasteiger partial charge in [0.05, 0.1) is 25.2 Å². The molecule has 1 heterocycles. The molecule has 1 saturated heterocycles. The Labute approximate surface area is 173 Å². The van der Waals surface area contributed by atoms with Crippen molar-refractivity contribution in [1.29, 1.82) is 0 Å². The minimum absolute atomic E-state index is 0.104. The zero-order valence-electron chi connectivity index (χ0n) is 16.7. The van der Waals surface area contributed by atoms with Crippen LogP contribution in [0, 0.1) is 17.3 Å². The molecular weight excluding hydrogens is 429 g/mol. The summed E-state index contributed by atoms with van der Waals surface area (Å²) in [5.74, 6) is -2.12. The van der Waals surface area contributed by atoms with Gasteiger partial charge in [-0.05, 0) is 62.7 Å². The van der Waals surface area contributed by atoms with Gasteiger partial charge in [0.25, 0.3) is 10.1 Å². The monoisotopic (exact) mass is 456 g/mol. The van der Waals surface area contributed by atoms with E-state index in [0.717, 1.165) is 32.1 Å². The van der Waals surface area contributed by atoms with E-state index in [1.54, 1.807) is 0 Å². The largest absolute Gasteiger partial charge is 0.448 e. The summed E-state index contributed by atoms with van der Waals surface area (Å²) in [5.41, 5.74) is -4.19. The van der Waals surface area contributed by atoms with E-state index < -0.39 is 39.0 Å². The molecule has 4 unspecified atom stereocenters. The molecule has 4 atom stereocenters. The molecule has 0 aromatic carbocycles. The van der Waals surface area contributed by atoms with Crippen molar-refractivity contribution in [1.82, 2.24) is 0 Å². The Balaban J connectivity index is 1.48. The smallest absolute Gasteiger partial charge is 0.429 e. The van der Waals surface area contributed by atoms with Crippen LogP contribution < -0.4 is 0 Å². The fourth-order valence-corrected chi connectivity index (χ4v) is 7.20. The lowest BCUT2D eigenvalue weighted by molar-refractivity contribution is -0.259. The SMILES string of the molecule is CC(CS(=O)(=O)O)(OC(=O)CC12CC3CC(C1)CC(OCC1CO1)(C3)C2)C(F)(F)F. The zero-order valence-corrected chi connectivity index (χ0v) is 17.6. The van der Waals surface area contributed by atoms with E-state index in [1.807, 2.05) is 0 Å². The minimum Gasteiger partial charge on any atom is -0.448 e.